The van der Waals surface area contributed by atoms with Gasteiger partial charge in [0.1, 0.15) is 5.75 Å². The molecule has 0 bridgehead atoms. The number of hydrogen-bond acceptors (Lipinski definition) is 4. The molecule has 1 aliphatic rings. The molecule has 5 heteroatoms. The highest BCUT2D eigenvalue weighted by molar-refractivity contribution is 5.30. The third kappa shape index (κ3) is 2.69. The highest BCUT2D eigenvalue weighted by atomic mass is 16.5. The number of rotatable bonds is 4. The van der Waals surface area contributed by atoms with Gasteiger partial charge in [-0.05, 0) is 17.7 Å². The number of aliphatic hydroxyl groups is 1. The van der Waals surface area contributed by atoms with Crippen LogP contribution in [-0.4, -0.2) is 40.4 Å². The minimum absolute atomic E-state index is 0.501. The van der Waals surface area contributed by atoms with Gasteiger partial charge in [0.15, 0.2) is 0 Å². The summed E-state index contributed by atoms with van der Waals surface area (Å²) >= 11 is 0. The summed E-state index contributed by atoms with van der Waals surface area (Å²) in [5.41, 5.74) is 3.34. The van der Waals surface area contributed by atoms with Crippen LogP contribution in [0.4, 0.5) is 0 Å². The minimum atomic E-state index is -0.501. The molecule has 1 unspecified atom stereocenters. The molecule has 2 aromatic rings. The summed E-state index contributed by atoms with van der Waals surface area (Å²) in [5, 5.41) is 17.5. The summed E-state index contributed by atoms with van der Waals surface area (Å²) in [6, 6.07) is 7.61. The first kappa shape index (κ1) is 13.1. The lowest BCUT2D eigenvalue weighted by atomic mass is 10.1. The van der Waals surface area contributed by atoms with Crippen LogP contribution in [0, 0.1) is 0 Å². The summed E-state index contributed by atoms with van der Waals surface area (Å²) < 4.78 is 5.19. The van der Waals surface area contributed by atoms with E-state index in [1.807, 2.05) is 30.5 Å². The molecule has 1 atom stereocenters. The van der Waals surface area contributed by atoms with Crippen molar-refractivity contribution in [2.24, 2.45) is 0 Å². The van der Waals surface area contributed by atoms with Crippen LogP contribution >= 0.6 is 0 Å². The molecule has 0 spiro atoms. The molecule has 0 saturated heterocycles. The zero-order chi connectivity index (χ0) is 13.9. The van der Waals surface area contributed by atoms with Crippen molar-refractivity contribution in [3.8, 4) is 5.75 Å². The van der Waals surface area contributed by atoms with Crippen molar-refractivity contribution in [2.45, 2.75) is 19.1 Å². The highest BCUT2D eigenvalue weighted by Crippen LogP contribution is 2.22. The first-order chi connectivity index (χ1) is 9.76. The predicted molar refractivity (Wildman–Crippen MR) is 75.5 cm³/mol. The van der Waals surface area contributed by atoms with Gasteiger partial charge >= 0.3 is 0 Å². The van der Waals surface area contributed by atoms with Crippen LogP contribution in [0.15, 0.2) is 30.5 Å². The van der Waals surface area contributed by atoms with Crippen LogP contribution in [0.1, 0.15) is 22.9 Å². The van der Waals surface area contributed by atoms with Crippen molar-refractivity contribution >= 4 is 0 Å². The molecule has 0 amide bonds. The molecule has 5 nitrogen and oxygen atoms in total. The van der Waals surface area contributed by atoms with Crippen LogP contribution < -0.4 is 4.74 Å². The Labute approximate surface area is 118 Å². The molecular weight excluding hydrogens is 254 g/mol. The number of fused-ring (bicyclic) bond motifs is 1. The third-order valence-electron chi connectivity index (χ3n) is 3.79. The van der Waals surface area contributed by atoms with Crippen molar-refractivity contribution in [1.82, 2.24) is 15.1 Å². The van der Waals surface area contributed by atoms with Gasteiger partial charge < -0.3 is 9.84 Å². The molecule has 1 aromatic heterocycles. The number of ether oxygens (including phenoxy) is 1. The number of benzene rings is 1. The maximum Gasteiger partial charge on any atom is 0.119 e. The number of H-pyrrole nitrogens is 1. The Hall–Kier alpha value is -1.85. The average molecular weight is 273 g/mol. The number of aromatic nitrogens is 2. The number of methoxy groups -OCH3 is 1. The predicted octanol–water partition coefficient (Wildman–Crippen LogP) is 1.51. The van der Waals surface area contributed by atoms with Gasteiger partial charge in [0.2, 0.25) is 0 Å². The van der Waals surface area contributed by atoms with E-state index >= 15 is 0 Å². The van der Waals surface area contributed by atoms with E-state index in [0.717, 1.165) is 30.8 Å². The average Bonchev–Trinajstić information content (AvgIpc) is 2.95. The van der Waals surface area contributed by atoms with Gasteiger partial charge in [0.25, 0.3) is 0 Å². The summed E-state index contributed by atoms with van der Waals surface area (Å²) in [5.74, 6) is 0.775. The monoisotopic (exact) mass is 273 g/mol. The molecule has 0 fully saturated rings. The van der Waals surface area contributed by atoms with E-state index in [1.165, 1.54) is 11.3 Å². The van der Waals surface area contributed by atoms with Crippen molar-refractivity contribution in [1.29, 1.82) is 0 Å². The number of nitrogens with zero attached hydrogens (tertiary/aromatic N) is 2. The van der Waals surface area contributed by atoms with Gasteiger partial charge in [-0.3, -0.25) is 10.00 Å². The maximum atomic E-state index is 10.4. The Kier molecular flexibility index (Phi) is 3.71. The van der Waals surface area contributed by atoms with E-state index in [9.17, 15) is 5.11 Å². The second-order valence-corrected chi connectivity index (χ2v) is 5.15. The summed E-state index contributed by atoms with van der Waals surface area (Å²) in [4.78, 5) is 2.25. The molecule has 1 aromatic carbocycles. The smallest absolute Gasteiger partial charge is 0.119 e. The number of β-amino-alcohol motifs (C(OH)–C–C–N with tert-alkyl or cyclic N) is 1. The van der Waals surface area contributed by atoms with E-state index in [4.69, 9.17) is 4.74 Å². The lowest BCUT2D eigenvalue weighted by molar-refractivity contribution is 0.105. The zero-order valence-electron chi connectivity index (χ0n) is 11.5. The van der Waals surface area contributed by atoms with E-state index in [1.54, 1.807) is 7.11 Å². The lowest BCUT2D eigenvalue weighted by Crippen LogP contribution is -2.33. The molecule has 1 aliphatic heterocycles. The number of nitrogens with one attached hydrogen (secondary N) is 1. The van der Waals surface area contributed by atoms with Crippen molar-refractivity contribution < 1.29 is 9.84 Å². The zero-order valence-corrected chi connectivity index (χ0v) is 11.5. The van der Waals surface area contributed by atoms with Gasteiger partial charge in [-0.2, -0.15) is 5.10 Å². The maximum absolute atomic E-state index is 10.4. The molecule has 2 N–H and O–H groups in total. The van der Waals surface area contributed by atoms with E-state index in [0.29, 0.717) is 6.54 Å². The Morgan fingerprint density at radius 3 is 3.25 bits per heavy atom. The lowest BCUT2D eigenvalue weighted by Gasteiger charge is -2.28. The molecule has 0 saturated carbocycles. The summed E-state index contributed by atoms with van der Waals surface area (Å²) in [7, 11) is 1.64. The molecular formula is C15H19N3O2. The fourth-order valence-corrected chi connectivity index (χ4v) is 2.64. The van der Waals surface area contributed by atoms with Gasteiger partial charge in [-0.1, -0.05) is 12.1 Å². The van der Waals surface area contributed by atoms with Crippen molar-refractivity contribution in [3.63, 3.8) is 0 Å². The second kappa shape index (κ2) is 5.64. The van der Waals surface area contributed by atoms with Crippen LogP contribution in [0.3, 0.4) is 0 Å². The normalized spacial score (nSPS) is 16.7. The number of aromatic amines is 1. The fraction of sp³-hybridized carbons (Fsp3) is 0.400. The molecule has 0 radical (unpaired) electrons. The van der Waals surface area contributed by atoms with Crippen molar-refractivity contribution in [2.75, 3.05) is 20.2 Å². The van der Waals surface area contributed by atoms with Crippen molar-refractivity contribution in [3.05, 3.63) is 47.3 Å². The molecule has 106 valence electrons. The second-order valence-electron chi connectivity index (χ2n) is 5.15. The topological polar surface area (TPSA) is 61.4 Å². The summed E-state index contributed by atoms with van der Waals surface area (Å²) in [6.07, 6.45) is 2.33. The van der Waals surface area contributed by atoms with E-state index in [-0.39, 0.29) is 0 Å². The molecule has 3 rings (SSSR count). The Bertz CT molecular complexity index is 582. The van der Waals surface area contributed by atoms with Crippen LogP contribution in [0.2, 0.25) is 0 Å². The quantitative estimate of drug-likeness (QED) is 0.886. The molecule has 0 aliphatic carbocycles. The Balaban J connectivity index is 1.66. The van der Waals surface area contributed by atoms with Gasteiger partial charge in [0.05, 0.1) is 19.4 Å². The fourth-order valence-electron chi connectivity index (χ4n) is 2.64. The number of aliphatic hydroxyl groups excluding tert-OH is 1. The Morgan fingerprint density at radius 2 is 2.40 bits per heavy atom. The molecule has 2 heterocycles. The first-order valence-corrected chi connectivity index (χ1v) is 6.82. The van der Waals surface area contributed by atoms with Crippen LogP contribution in [0.25, 0.3) is 0 Å². The SMILES string of the molecule is COc1cccc(C(O)CN2CCc3[nH]ncc3C2)c1. The van der Waals surface area contributed by atoms with Gasteiger partial charge in [0, 0.05) is 37.3 Å². The van der Waals surface area contributed by atoms with Gasteiger partial charge in [-0.15, -0.1) is 0 Å². The minimum Gasteiger partial charge on any atom is -0.497 e. The standard InChI is InChI=1S/C15H19N3O2/c1-20-13-4-2-3-11(7-13)15(19)10-18-6-5-14-12(9-18)8-16-17-14/h2-4,7-8,15,19H,5-6,9-10H2,1H3,(H,16,17). The summed E-state index contributed by atoms with van der Waals surface area (Å²) in [6.45, 7) is 2.40. The van der Waals surface area contributed by atoms with Crippen LogP contribution in [0.5, 0.6) is 5.75 Å². The number of hydrogen-bond donors (Lipinski definition) is 2. The first-order valence-electron chi connectivity index (χ1n) is 6.82. The Morgan fingerprint density at radius 1 is 1.50 bits per heavy atom. The van der Waals surface area contributed by atoms with E-state index < -0.39 is 6.10 Å². The van der Waals surface area contributed by atoms with Gasteiger partial charge in [-0.25, -0.2) is 0 Å². The molecule has 20 heavy (non-hydrogen) atoms. The van der Waals surface area contributed by atoms with E-state index in [2.05, 4.69) is 15.1 Å². The highest BCUT2D eigenvalue weighted by Gasteiger charge is 2.20. The third-order valence-corrected chi connectivity index (χ3v) is 3.79. The van der Waals surface area contributed by atoms with Crippen LogP contribution in [-0.2, 0) is 13.0 Å². The largest absolute Gasteiger partial charge is 0.497 e.